The van der Waals surface area contributed by atoms with Crippen molar-refractivity contribution >= 4 is 17.6 Å². The Morgan fingerprint density at radius 2 is 1.94 bits per heavy atom. The predicted molar refractivity (Wildman–Crippen MR) is 76.3 cm³/mol. The molecule has 18 heavy (non-hydrogen) atoms. The lowest BCUT2D eigenvalue weighted by Gasteiger charge is -2.24. The fourth-order valence-electron chi connectivity index (χ4n) is 2.95. The lowest BCUT2D eigenvalue weighted by molar-refractivity contribution is 0.461. The first-order valence-electron chi connectivity index (χ1n) is 7.04. The smallest absolute Gasteiger partial charge is 0.134 e. The number of rotatable bonds is 2. The van der Waals surface area contributed by atoms with Gasteiger partial charge in [-0.1, -0.05) is 33.1 Å². The van der Waals surface area contributed by atoms with Gasteiger partial charge in [0.05, 0.1) is 0 Å². The average molecular weight is 263 g/mol. The highest BCUT2D eigenvalue weighted by Gasteiger charge is 2.31. The van der Waals surface area contributed by atoms with Gasteiger partial charge in [-0.2, -0.15) is 0 Å². The van der Waals surface area contributed by atoms with Gasteiger partial charge in [0.1, 0.15) is 17.2 Å². The maximum atomic E-state index is 4.49. The highest BCUT2D eigenvalue weighted by molar-refractivity contribution is 8.00. The largest absolute Gasteiger partial charge is 0.367 e. The second-order valence-corrected chi connectivity index (χ2v) is 6.90. The van der Waals surface area contributed by atoms with Gasteiger partial charge in [0.25, 0.3) is 0 Å². The van der Waals surface area contributed by atoms with Gasteiger partial charge in [-0.05, 0) is 18.8 Å². The zero-order chi connectivity index (χ0) is 12.5. The molecule has 0 saturated heterocycles. The molecule has 0 spiro atoms. The Hall–Kier alpha value is -0.770. The molecule has 1 aliphatic carbocycles. The number of nitrogens with one attached hydrogen (secondary N) is 1. The van der Waals surface area contributed by atoms with Gasteiger partial charge in [-0.15, -0.1) is 11.8 Å². The number of fused-ring (bicyclic) bond motifs is 1. The Labute approximate surface area is 113 Å². The number of nitrogens with zero attached hydrogens (tertiary/aromatic N) is 2. The molecule has 1 saturated carbocycles. The zero-order valence-electron chi connectivity index (χ0n) is 11.1. The van der Waals surface area contributed by atoms with Crippen molar-refractivity contribution in [3.8, 4) is 0 Å². The van der Waals surface area contributed by atoms with E-state index in [2.05, 4.69) is 29.1 Å². The van der Waals surface area contributed by atoms with Crippen LogP contribution in [0.3, 0.4) is 0 Å². The molecule has 1 N–H and O–H groups in total. The first-order chi connectivity index (χ1) is 8.75. The SMILES string of the molecule is CC1Sc2ncnc(NC3CCCCC3)c2C1C. The van der Waals surface area contributed by atoms with Gasteiger partial charge in [-0.3, -0.25) is 0 Å². The van der Waals surface area contributed by atoms with Crippen molar-refractivity contribution < 1.29 is 0 Å². The molecule has 98 valence electrons. The molecule has 3 nitrogen and oxygen atoms in total. The molecule has 2 unspecified atom stereocenters. The Morgan fingerprint density at radius 1 is 1.17 bits per heavy atom. The normalized spacial score (nSPS) is 28.1. The topological polar surface area (TPSA) is 37.8 Å². The molecule has 4 heteroatoms. The van der Waals surface area contributed by atoms with Crippen molar-refractivity contribution in [1.29, 1.82) is 0 Å². The van der Waals surface area contributed by atoms with Crippen molar-refractivity contribution in [3.63, 3.8) is 0 Å². The third kappa shape index (κ3) is 2.22. The molecular formula is C14H21N3S. The second-order valence-electron chi connectivity index (χ2n) is 5.53. The second kappa shape index (κ2) is 5.08. The summed E-state index contributed by atoms with van der Waals surface area (Å²) in [6, 6.07) is 0.617. The number of hydrogen-bond donors (Lipinski definition) is 1. The van der Waals surface area contributed by atoms with Crippen LogP contribution in [0.4, 0.5) is 5.82 Å². The monoisotopic (exact) mass is 263 g/mol. The summed E-state index contributed by atoms with van der Waals surface area (Å²) in [6.07, 6.45) is 8.38. The maximum absolute atomic E-state index is 4.49. The van der Waals surface area contributed by atoms with E-state index in [1.54, 1.807) is 6.33 Å². The fourth-order valence-corrected chi connectivity index (χ4v) is 4.16. The summed E-state index contributed by atoms with van der Waals surface area (Å²) in [5.41, 5.74) is 1.35. The van der Waals surface area contributed by atoms with Crippen LogP contribution >= 0.6 is 11.8 Å². The van der Waals surface area contributed by atoms with E-state index < -0.39 is 0 Å². The Balaban J connectivity index is 1.82. The molecule has 0 amide bonds. The van der Waals surface area contributed by atoms with Crippen LogP contribution in [0.15, 0.2) is 11.4 Å². The molecule has 0 radical (unpaired) electrons. The number of thioether (sulfide) groups is 1. The van der Waals surface area contributed by atoms with Crippen LogP contribution in [-0.2, 0) is 0 Å². The zero-order valence-corrected chi connectivity index (χ0v) is 12.0. The van der Waals surface area contributed by atoms with Crippen LogP contribution in [0.25, 0.3) is 0 Å². The van der Waals surface area contributed by atoms with E-state index >= 15 is 0 Å². The first-order valence-corrected chi connectivity index (χ1v) is 7.91. The minimum absolute atomic E-state index is 0.553. The molecule has 0 aromatic carbocycles. The maximum Gasteiger partial charge on any atom is 0.134 e. The lowest BCUT2D eigenvalue weighted by Crippen LogP contribution is -2.24. The van der Waals surface area contributed by atoms with Crippen LogP contribution in [0.5, 0.6) is 0 Å². The summed E-state index contributed by atoms with van der Waals surface area (Å²) in [5, 5.41) is 5.47. The summed E-state index contributed by atoms with van der Waals surface area (Å²) in [4.78, 5) is 8.92. The van der Waals surface area contributed by atoms with Crippen molar-refractivity contribution in [1.82, 2.24) is 9.97 Å². The van der Waals surface area contributed by atoms with Gasteiger partial charge in [0.2, 0.25) is 0 Å². The van der Waals surface area contributed by atoms with E-state index in [0.717, 1.165) is 5.82 Å². The Bertz CT molecular complexity index is 429. The highest BCUT2D eigenvalue weighted by Crippen LogP contribution is 2.46. The van der Waals surface area contributed by atoms with E-state index in [1.807, 2.05) is 11.8 Å². The van der Waals surface area contributed by atoms with Crippen LogP contribution in [-0.4, -0.2) is 21.3 Å². The molecule has 2 atom stereocenters. The summed E-state index contributed by atoms with van der Waals surface area (Å²) in [7, 11) is 0. The fraction of sp³-hybridized carbons (Fsp3) is 0.714. The summed E-state index contributed by atoms with van der Waals surface area (Å²) >= 11 is 1.88. The standard InChI is InChI=1S/C14H21N3S/c1-9-10(2)18-14-12(9)13(15-8-16-14)17-11-6-4-3-5-7-11/h8-11H,3-7H2,1-2H3,(H,15,16,17). The third-order valence-corrected chi connectivity index (χ3v) is 5.58. The van der Waals surface area contributed by atoms with Crippen molar-refractivity contribution in [2.24, 2.45) is 0 Å². The molecular weight excluding hydrogens is 242 g/mol. The summed E-state index contributed by atoms with van der Waals surface area (Å²) < 4.78 is 0. The third-order valence-electron chi connectivity index (χ3n) is 4.25. The number of hydrogen-bond acceptors (Lipinski definition) is 4. The molecule has 2 aliphatic rings. The van der Waals surface area contributed by atoms with E-state index in [1.165, 1.54) is 42.7 Å². The van der Waals surface area contributed by atoms with E-state index in [9.17, 15) is 0 Å². The quantitative estimate of drug-likeness (QED) is 0.823. The molecule has 0 bridgehead atoms. The van der Waals surface area contributed by atoms with E-state index in [-0.39, 0.29) is 0 Å². The molecule has 3 rings (SSSR count). The van der Waals surface area contributed by atoms with E-state index in [4.69, 9.17) is 0 Å². The van der Waals surface area contributed by atoms with Crippen LogP contribution in [0.1, 0.15) is 57.4 Å². The minimum Gasteiger partial charge on any atom is -0.367 e. The Kier molecular flexibility index (Phi) is 3.46. The van der Waals surface area contributed by atoms with Crippen LogP contribution < -0.4 is 5.32 Å². The van der Waals surface area contributed by atoms with E-state index in [0.29, 0.717) is 17.2 Å². The van der Waals surface area contributed by atoms with Gasteiger partial charge >= 0.3 is 0 Å². The first kappa shape index (κ1) is 12.3. The Morgan fingerprint density at radius 3 is 2.72 bits per heavy atom. The summed E-state index contributed by atoms with van der Waals surface area (Å²) in [5.74, 6) is 1.65. The molecule has 2 heterocycles. The number of aromatic nitrogens is 2. The number of anilines is 1. The molecule has 1 aliphatic heterocycles. The van der Waals surface area contributed by atoms with Gasteiger partial charge in [-0.25, -0.2) is 9.97 Å². The summed E-state index contributed by atoms with van der Waals surface area (Å²) in [6.45, 7) is 4.57. The van der Waals surface area contributed by atoms with Gasteiger partial charge in [0.15, 0.2) is 0 Å². The molecule has 1 aromatic rings. The highest BCUT2D eigenvalue weighted by atomic mass is 32.2. The average Bonchev–Trinajstić information content (AvgIpc) is 2.67. The molecule has 1 aromatic heterocycles. The van der Waals surface area contributed by atoms with Gasteiger partial charge < -0.3 is 5.32 Å². The molecule has 1 fully saturated rings. The van der Waals surface area contributed by atoms with Crippen LogP contribution in [0, 0.1) is 0 Å². The van der Waals surface area contributed by atoms with Crippen molar-refractivity contribution in [3.05, 3.63) is 11.9 Å². The van der Waals surface area contributed by atoms with Crippen molar-refractivity contribution in [2.45, 2.75) is 68.2 Å². The predicted octanol–water partition coefficient (Wildman–Crippen LogP) is 3.82. The van der Waals surface area contributed by atoms with Crippen molar-refractivity contribution in [2.75, 3.05) is 5.32 Å². The van der Waals surface area contributed by atoms with Gasteiger partial charge in [0, 0.05) is 16.9 Å². The lowest BCUT2D eigenvalue weighted by atomic mass is 9.94. The van der Waals surface area contributed by atoms with Crippen LogP contribution in [0.2, 0.25) is 0 Å². The minimum atomic E-state index is 0.553.